The van der Waals surface area contributed by atoms with Crippen LogP contribution < -0.4 is 11.3 Å². The van der Waals surface area contributed by atoms with Crippen LogP contribution in [0.15, 0.2) is 60.7 Å². The summed E-state index contributed by atoms with van der Waals surface area (Å²) < 4.78 is 0. The lowest BCUT2D eigenvalue weighted by atomic mass is 10.0. The van der Waals surface area contributed by atoms with Crippen molar-refractivity contribution in [3.8, 4) is 0 Å². The first-order chi connectivity index (χ1) is 13.8. The molecule has 0 aliphatic carbocycles. The van der Waals surface area contributed by atoms with E-state index >= 15 is 0 Å². The van der Waals surface area contributed by atoms with E-state index in [1.54, 1.807) is 24.3 Å². The summed E-state index contributed by atoms with van der Waals surface area (Å²) in [6.07, 6.45) is 15.5. The Morgan fingerprint density at radius 3 is 1.68 bits per heavy atom. The summed E-state index contributed by atoms with van der Waals surface area (Å²) in [7, 11) is 0. The van der Waals surface area contributed by atoms with Gasteiger partial charge in [-0.1, -0.05) is 113 Å². The molecule has 2 aromatic carbocycles. The molecule has 0 aliphatic heterocycles. The third kappa shape index (κ3) is 12.3. The van der Waals surface area contributed by atoms with Crippen LogP contribution in [0, 0.1) is 0 Å². The van der Waals surface area contributed by atoms with Gasteiger partial charge < -0.3 is 0 Å². The summed E-state index contributed by atoms with van der Waals surface area (Å²) in [5.74, 6) is 4.64. The number of nitrogens with one attached hydrogen (secondary N) is 1. The van der Waals surface area contributed by atoms with Crippen LogP contribution in [-0.4, -0.2) is 5.91 Å². The number of aryl methyl sites for hydroxylation is 1. The Bertz CT molecular complexity index is 598. The molecule has 3 N–H and O–H groups in total. The number of hydrogen-bond acceptors (Lipinski definition) is 2. The highest BCUT2D eigenvalue weighted by Crippen LogP contribution is 2.12. The monoisotopic (exact) mass is 382 g/mol. The van der Waals surface area contributed by atoms with Crippen molar-refractivity contribution in [2.24, 2.45) is 5.84 Å². The van der Waals surface area contributed by atoms with Gasteiger partial charge in [-0.2, -0.15) is 0 Å². The van der Waals surface area contributed by atoms with Crippen molar-refractivity contribution in [3.05, 3.63) is 71.8 Å². The van der Waals surface area contributed by atoms with Crippen molar-refractivity contribution in [2.45, 2.75) is 77.6 Å². The second kappa shape index (κ2) is 17.0. The van der Waals surface area contributed by atoms with Crippen LogP contribution in [0.5, 0.6) is 0 Å². The first-order valence-electron chi connectivity index (χ1n) is 10.9. The van der Waals surface area contributed by atoms with Crippen molar-refractivity contribution in [1.29, 1.82) is 0 Å². The van der Waals surface area contributed by atoms with Crippen molar-refractivity contribution < 1.29 is 4.79 Å². The van der Waals surface area contributed by atoms with E-state index in [1.165, 1.54) is 76.2 Å². The number of amides is 1. The molecule has 0 unspecified atom stereocenters. The van der Waals surface area contributed by atoms with E-state index < -0.39 is 0 Å². The zero-order valence-corrected chi connectivity index (χ0v) is 17.5. The molecule has 2 aromatic rings. The number of unbranched alkanes of at least 4 members (excludes halogenated alkanes) is 9. The number of rotatable bonds is 12. The zero-order chi connectivity index (χ0) is 20.3. The first kappa shape index (κ1) is 23.9. The van der Waals surface area contributed by atoms with Gasteiger partial charge in [-0.05, 0) is 30.5 Å². The molecule has 3 heteroatoms. The number of nitrogens with two attached hydrogens (primary N) is 1. The fourth-order valence-corrected chi connectivity index (χ4v) is 3.13. The number of benzene rings is 2. The summed E-state index contributed by atoms with van der Waals surface area (Å²) in [5, 5.41) is 0. The summed E-state index contributed by atoms with van der Waals surface area (Å²) in [6.45, 7) is 2.28. The number of hydrogen-bond donors (Lipinski definition) is 2. The van der Waals surface area contributed by atoms with E-state index in [1.807, 2.05) is 11.5 Å². The van der Waals surface area contributed by atoms with Gasteiger partial charge in [-0.3, -0.25) is 10.2 Å². The predicted octanol–water partition coefficient (Wildman–Crippen LogP) is 6.44. The Labute approximate surface area is 171 Å². The third-order valence-corrected chi connectivity index (χ3v) is 4.83. The van der Waals surface area contributed by atoms with E-state index in [0.29, 0.717) is 5.56 Å². The molecule has 28 heavy (non-hydrogen) atoms. The van der Waals surface area contributed by atoms with Gasteiger partial charge in [0.15, 0.2) is 0 Å². The Hall–Kier alpha value is -2.13. The highest BCUT2D eigenvalue weighted by molar-refractivity contribution is 5.93. The van der Waals surface area contributed by atoms with Gasteiger partial charge in [-0.15, -0.1) is 0 Å². The van der Waals surface area contributed by atoms with Gasteiger partial charge in [0.2, 0.25) is 0 Å². The molecule has 0 aliphatic rings. The number of carbonyl (C=O) groups is 1. The second-order valence-corrected chi connectivity index (χ2v) is 7.26. The van der Waals surface area contributed by atoms with Crippen LogP contribution in [0.2, 0.25) is 0 Å². The van der Waals surface area contributed by atoms with Crippen LogP contribution >= 0.6 is 0 Å². The van der Waals surface area contributed by atoms with E-state index in [-0.39, 0.29) is 5.91 Å². The highest BCUT2D eigenvalue weighted by Gasteiger charge is 1.98. The maximum atomic E-state index is 10.8. The van der Waals surface area contributed by atoms with E-state index in [4.69, 9.17) is 5.84 Å². The smallest absolute Gasteiger partial charge is 0.265 e. The average Bonchev–Trinajstić information content (AvgIpc) is 2.76. The Kier molecular flexibility index (Phi) is 14.5. The molecule has 0 fully saturated rings. The van der Waals surface area contributed by atoms with Gasteiger partial charge in [-0.25, -0.2) is 5.84 Å². The zero-order valence-electron chi connectivity index (χ0n) is 17.5. The topological polar surface area (TPSA) is 55.1 Å². The predicted molar refractivity (Wildman–Crippen MR) is 120 cm³/mol. The van der Waals surface area contributed by atoms with Gasteiger partial charge >= 0.3 is 0 Å². The van der Waals surface area contributed by atoms with E-state index in [9.17, 15) is 4.79 Å². The van der Waals surface area contributed by atoms with E-state index in [2.05, 4.69) is 37.3 Å². The van der Waals surface area contributed by atoms with Crippen molar-refractivity contribution in [1.82, 2.24) is 5.43 Å². The standard InChI is InChI=1S/C18H30.C7H8N2O/c1-2-3-4-5-6-7-8-9-10-12-15-18-16-13-11-14-17-18;8-9-7(10)6-4-2-1-3-5-6/h11,13-14,16-17H,2-10,12,15H2,1H3;1-5H,8H2,(H,9,10). The molecular weight excluding hydrogens is 344 g/mol. The van der Waals surface area contributed by atoms with Crippen molar-refractivity contribution >= 4 is 5.91 Å². The maximum absolute atomic E-state index is 10.8. The molecule has 2 rings (SSSR count). The van der Waals surface area contributed by atoms with Gasteiger partial charge in [0.05, 0.1) is 0 Å². The van der Waals surface area contributed by atoms with Crippen molar-refractivity contribution in [3.63, 3.8) is 0 Å². The van der Waals surface area contributed by atoms with Crippen LogP contribution in [0.3, 0.4) is 0 Å². The maximum Gasteiger partial charge on any atom is 0.265 e. The average molecular weight is 383 g/mol. The van der Waals surface area contributed by atoms with Crippen LogP contribution in [0.1, 0.15) is 87.1 Å². The Balaban J connectivity index is 0.000000330. The summed E-state index contributed by atoms with van der Waals surface area (Å²) in [4.78, 5) is 10.8. The minimum absolute atomic E-state index is 0.263. The summed E-state index contributed by atoms with van der Waals surface area (Å²) >= 11 is 0. The van der Waals surface area contributed by atoms with Crippen molar-refractivity contribution in [2.75, 3.05) is 0 Å². The van der Waals surface area contributed by atoms with Gasteiger partial charge in [0, 0.05) is 5.56 Å². The fourth-order valence-electron chi connectivity index (χ4n) is 3.13. The lowest BCUT2D eigenvalue weighted by molar-refractivity contribution is 0.0953. The number of nitrogen functional groups attached to an aromatic ring is 1. The molecular formula is C25H38N2O. The number of carbonyl (C=O) groups excluding carboxylic acids is 1. The molecule has 0 bridgehead atoms. The molecule has 0 radical (unpaired) electrons. The molecule has 1 amide bonds. The fraction of sp³-hybridized carbons (Fsp3) is 0.480. The molecule has 0 heterocycles. The van der Waals surface area contributed by atoms with Gasteiger partial charge in [0.25, 0.3) is 5.91 Å². The summed E-state index contributed by atoms with van der Waals surface area (Å²) in [6, 6.07) is 19.7. The minimum atomic E-state index is -0.263. The van der Waals surface area contributed by atoms with E-state index in [0.717, 1.165) is 0 Å². The molecule has 0 atom stereocenters. The molecule has 0 saturated carbocycles. The molecule has 0 aromatic heterocycles. The van der Waals surface area contributed by atoms with Crippen LogP contribution in [0.25, 0.3) is 0 Å². The van der Waals surface area contributed by atoms with Crippen LogP contribution in [-0.2, 0) is 6.42 Å². The van der Waals surface area contributed by atoms with Crippen LogP contribution in [0.4, 0.5) is 0 Å². The van der Waals surface area contributed by atoms with Gasteiger partial charge in [0.1, 0.15) is 0 Å². The third-order valence-electron chi connectivity index (χ3n) is 4.83. The SMILES string of the molecule is CCCCCCCCCCCCc1ccccc1.NNC(=O)c1ccccc1. The molecule has 0 saturated heterocycles. The second-order valence-electron chi connectivity index (χ2n) is 7.26. The number of hydrazine groups is 1. The summed E-state index contributed by atoms with van der Waals surface area (Å²) in [5.41, 5.74) is 4.11. The minimum Gasteiger partial charge on any atom is -0.290 e. The lowest BCUT2D eigenvalue weighted by Gasteiger charge is -2.03. The largest absolute Gasteiger partial charge is 0.290 e. The molecule has 0 spiro atoms. The normalized spacial score (nSPS) is 10.1. The molecule has 154 valence electrons. The first-order valence-corrected chi connectivity index (χ1v) is 10.9. The quantitative estimate of drug-likeness (QED) is 0.192. The lowest BCUT2D eigenvalue weighted by Crippen LogP contribution is -2.29. The molecule has 3 nitrogen and oxygen atoms in total. The Morgan fingerprint density at radius 2 is 1.18 bits per heavy atom. The highest BCUT2D eigenvalue weighted by atomic mass is 16.2. The Morgan fingerprint density at radius 1 is 0.714 bits per heavy atom.